The molecule has 6 aromatic rings. The summed E-state index contributed by atoms with van der Waals surface area (Å²) in [5, 5.41) is 7.87. The zero-order valence-corrected chi connectivity index (χ0v) is 23.5. The standard InChI is InChI=1S/C37H29BrO/c1-37-32(31-18-8-9-20-34(31)39-37)21-24(38)22-33(37)36-29-16-6-4-14-27(29)35(28-15-5-7-17-30(28)36)26-19-10-12-23-11-2-3-13-25(23)26/h2-20,24,32-33H,21-22H2,1H3. The first-order valence-corrected chi connectivity index (χ1v) is 14.9. The van der Waals surface area contributed by atoms with Crippen LogP contribution in [0.4, 0.5) is 0 Å². The molecule has 2 heteroatoms. The van der Waals surface area contributed by atoms with E-state index in [1.807, 2.05) is 0 Å². The summed E-state index contributed by atoms with van der Waals surface area (Å²) in [4.78, 5) is 0.436. The zero-order valence-electron chi connectivity index (χ0n) is 21.9. The van der Waals surface area contributed by atoms with Crippen molar-refractivity contribution in [1.82, 2.24) is 0 Å². The minimum atomic E-state index is -0.305. The zero-order chi connectivity index (χ0) is 26.1. The Morgan fingerprint density at radius 3 is 1.92 bits per heavy atom. The van der Waals surface area contributed by atoms with E-state index < -0.39 is 0 Å². The first-order valence-electron chi connectivity index (χ1n) is 14.0. The van der Waals surface area contributed by atoms with Gasteiger partial charge in [-0.15, -0.1) is 0 Å². The molecule has 4 unspecified atom stereocenters. The molecule has 39 heavy (non-hydrogen) atoms. The summed E-state index contributed by atoms with van der Waals surface area (Å²) in [5.74, 6) is 1.65. The smallest absolute Gasteiger partial charge is 0.123 e. The molecule has 0 saturated heterocycles. The second-order valence-electron chi connectivity index (χ2n) is 11.4. The highest BCUT2D eigenvalue weighted by Crippen LogP contribution is 2.60. The van der Waals surface area contributed by atoms with Crippen molar-refractivity contribution in [2.45, 2.75) is 42.0 Å². The predicted molar refractivity (Wildman–Crippen MR) is 167 cm³/mol. The molecule has 1 fully saturated rings. The number of hydrogen-bond acceptors (Lipinski definition) is 1. The lowest BCUT2D eigenvalue weighted by Gasteiger charge is -2.45. The van der Waals surface area contributed by atoms with Crippen molar-refractivity contribution in [3.8, 4) is 16.9 Å². The van der Waals surface area contributed by atoms with E-state index in [1.165, 1.54) is 54.6 Å². The van der Waals surface area contributed by atoms with Crippen LogP contribution in [-0.2, 0) is 0 Å². The van der Waals surface area contributed by atoms with Gasteiger partial charge >= 0.3 is 0 Å². The second-order valence-corrected chi connectivity index (χ2v) is 12.7. The molecule has 0 aromatic heterocycles. The fourth-order valence-electron chi connectivity index (χ4n) is 7.67. The van der Waals surface area contributed by atoms with E-state index in [0.29, 0.717) is 10.7 Å². The van der Waals surface area contributed by atoms with Crippen LogP contribution in [0.2, 0.25) is 0 Å². The van der Waals surface area contributed by atoms with Gasteiger partial charge in [0.1, 0.15) is 11.4 Å². The van der Waals surface area contributed by atoms with Gasteiger partial charge in [0.2, 0.25) is 0 Å². The summed E-state index contributed by atoms with van der Waals surface area (Å²) in [6, 6.07) is 42.2. The average Bonchev–Trinajstić information content (AvgIpc) is 3.27. The van der Waals surface area contributed by atoms with Gasteiger partial charge in [-0.1, -0.05) is 125 Å². The van der Waals surface area contributed by atoms with Crippen LogP contribution < -0.4 is 4.74 Å². The lowest BCUT2D eigenvalue weighted by atomic mass is 9.64. The summed E-state index contributed by atoms with van der Waals surface area (Å²) in [7, 11) is 0. The second kappa shape index (κ2) is 8.69. The number of alkyl halides is 1. The lowest BCUT2D eigenvalue weighted by Crippen LogP contribution is -2.46. The Bertz CT molecular complexity index is 1840. The SMILES string of the molecule is CC12Oc3ccccc3C1CC(Br)CC2c1c2ccccc2c(-c2cccc3ccccc23)c2ccccc12. The van der Waals surface area contributed by atoms with Crippen LogP contribution in [0.1, 0.15) is 42.7 Å². The molecule has 1 heterocycles. The predicted octanol–water partition coefficient (Wildman–Crippen LogP) is 10.4. The van der Waals surface area contributed by atoms with Gasteiger partial charge < -0.3 is 4.74 Å². The van der Waals surface area contributed by atoms with Gasteiger partial charge in [-0.05, 0) is 74.8 Å². The molecule has 190 valence electrons. The molecule has 4 atom stereocenters. The third-order valence-corrected chi connectivity index (χ3v) is 10.1. The number of benzene rings is 6. The van der Waals surface area contributed by atoms with E-state index in [2.05, 4.69) is 138 Å². The number of rotatable bonds is 2. The maximum Gasteiger partial charge on any atom is 0.123 e. The first-order chi connectivity index (χ1) is 19.1. The third kappa shape index (κ3) is 3.37. The molecule has 0 bridgehead atoms. The number of hydrogen-bond donors (Lipinski definition) is 0. The highest BCUT2D eigenvalue weighted by atomic mass is 79.9. The normalized spacial score (nSPS) is 24.0. The van der Waals surface area contributed by atoms with E-state index in [9.17, 15) is 0 Å². The molecular formula is C37H29BrO. The monoisotopic (exact) mass is 568 g/mol. The summed E-state index contributed by atoms with van der Waals surface area (Å²) in [6.45, 7) is 2.36. The molecule has 8 rings (SSSR count). The molecule has 0 N–H and O–H groups in total. The largest absolute Gasteiger partial charge is 0.486 e. The minimum Gasteiger partial charge on any atom is -0.486 e. The summed E-state index contributed by atoms with van der Waals surface area (Å²) >= 11 is 4.09. The highest BCUT2D eigenvalue weighted by molar-refractivity contribution is 9.09. The molecule has 1 aliphatic carbocycles. The van der Waals surface area contributed by atoms with Gasteiger partial charge in [-0.3, -0.25) is 0 Å². The van der Waals surface area contributed by atoms with Gasteiger partial charge in [0.05, 0.1) is 0 Å². The number of fused-ring (bicyclic) bond motifs is 6. The molecule has 0 radical (unpaired) electrons. The van der Waals surface area contributed by atoms with Crippen LogP contribution in [0.15, 0.2) is 115 Å². The Morgan fingerprint density at radius 2 is 1.18 bits per heavy atom. The Kier molecular flexibility index (Phi) is 5.19. The number of ether oxygens (including phenoxy) is 1. The van der Waals surface area contributed by atoms with Gasteiger partial charge in [-0.2, -0.15) is 0 Å². The van der Waals surface area contributed by atoms with Gasteiger partial charge in [0, 0.05) is 22.2 Å². The molecule has 1 saturated carbocycles. The van der Waals surface area contributed by atoms with Crippen LogP contribution in [0.5, 0.6) is 5.75 Å². The average molecular weight is 570 g/mol. The third-order valence-electron chi connectivity index (χ3n) is 9.37. The van der Waals surface area contributed by atoms with E-state index in [1.54, 1.807) is 0 Å². The van der Waals surface area contributed by atoms with E-state index in [-0.39, 0.29) is 11.5 Å². The van der Waals surface area contributed by atoms with Crippen molar-refractivity contribution >= 4 is 48.2 Å². The van der Waals surface area contributed by atoms with Crippen molar-refractivity contribution < 1.29 is 4.74 Å². The lowest BCUT2D eigenvalue weighted by molar-refractivity contribution is 0.0347. The van der Waals surface area contributed by atoms with Crippen LogP contribution in [0.3, 0.4) is 0 Å². The van der Waals surface area contributed by atoms with Crippen LogP contribution in [0, 0.1) is 0 Å². The Labute approximate surface area is 237 Å². The fraction of sp³-hybridized carbons (Fsp3) is 0.189. The van der Waals surface area contributed by atoms with Crippen molar-refractivity contribution in [1.29, 1.82) is 0 Å². The maximum atomic E-state index is 6.96. The molecular weight excluding hydrogens is 540 g/mol. The summed E-state index contributed by atoms with van der Waals surface area (Å²) in [5.41, 5.74) is 5.10. The molecule has 2 aliphatic rings. The highest BCUT2D eigenvalue weighted by Gasteiger charge is 2.54. The van der Waals surface area contributed by atoms with Crippen LogP contribution >= 0.6 is 15.9 Å². The molecule has 1 aliphatic heterocycles. The topological polar surface area (TPSA) is 9.23 Å². The van der Waals surface area contributed by atoms with Crippen molar-refractivity contribution in [2.24, 2.45) is 0 Å². The van der Waals surface area contributed by atoms with Crippen molar-refractivity contribution in [3.63, 3.8) is 0 Å². The van der Waals surface area contributed by atoms with E-state index in [0.717, 1.165) is 18.6 Å². The minimum absolute atomic E-state index is 0.240. The summed E-state index contributed by atoms with van der Waals surface area (Å²) < 4.78 is 6.96. The van der Waals surface area contributed by atoms with Gasteiger partial charge in [0.15, 0.2) is 0 Å². The molecule has 0 spiro atoms. The fourth-order valence-corrected chi connectivity index (χ4v) is 8.42. The van der Waals surface area contributed by atoms with Gasteiger partial charge in [-0.25, -0.2) is 0 Å². The Morgan fingerprint density at radius 1 is 0.615 bits per heavy atom. The van der Waals surface area contributed by atoms with Gasteiger partial charge in [0.25, 0.3) is 0 Å². The van der Waals surface area contributed by atoms with Crippen molar-refractivity contribution in [2.75, 3.05) is 0 Å². The Hall–Kier alpha value is -3.62. The van der Waals surface area contributed by atoms with E-state index >= 15 is 0 Å². The number of halogens is 1. The number of para-hydroxylation sites is 1. The quantitative estimate of drug-likeness (QED) is 0.149. The van der Waals surface area contributed by atoms with E-state index in [4.69, 9.17) is 4.74 Å². The Balaban J connectivity index is 1.45. The molecule has 0 amide bonds. The summed E-state index contributed by atoms with van der Waals surface area (Å²) in [6.07, 6.45) is 2.14. The molecule has 1 nitrogen and oxygen atoms in total. The van der Waals surface area contributed by atoms with Crippen molar-refractivity contribution in [3.05, 3.63) is 126 Å². The van der Waals surface area contributed by atoms with Crippen LogP contribution in [-0.4, -0.2) is 10.4 Å². The molecule has 6 aromatic carbocycles. The van der Waals surface area contributed by atoms with Crippen LogP contribution in [0.25, 0.3) is 43.4 Å². The first kappa shape index (κ1) is 23.3. The maximum absolute atomic E-state index is 6.96.